The molecule has 5 heteroatoms. The number of amides is 1. The van der Waals surface area contributed by atoms with Crippen LogP contribution in [0.5, 0.6) is 0 Å². The number of rotatable bonds is 4. The number of thiophene rings is 1. The molecule has 2 heterocycles. The lowest BCUT2D eigenvalue weighted by molar-refractivity contribution is 0.0955. The van der Waals surface area contributed by atoms with E-state index in [-0.39, 0.29) is 18.0 Å². The minimum atomic E-state index is -0.135. The first-order valence-electron chi connectivity index (χ1n) is 6.99. The average Bonchev–Trinajstić information content (AvgIpc) is 2.78. The summed E-state index contributed by atoms with van der Waals surface area (Å²) in [6.45, 7) is 8.07. The second kappa shape index (κ2) is 6.26. The van der Waals surface area contributed by atoms with Gasteiger partial charge in [0.25, 0.3) is 11.5 Å². The van der Waals surface area contributed by atoms with Gasteiger partial charge in [-0.2, -0.15) is 0 Å². The summed E-state index contributed by atoms with van der Waals surface area (Å²) in [5.41, 5.74) is 3.35. The number of aromatic amines is 1. The molecule has 0 bridgehead atoms. The Kier molecular flexibility index (Phi) is 4.63. The summed E-state index contributed by atoms with van der Waals surface area (Å²) in [7, 11) is 0. The highest BCUT2D eigenvalue weighted by atomic mass is 32.1. The Morgan fingerprint density at radius 1 is 1.24 bits per heavy atom. The van der Waals surface area contributed by atoms with Gasteiger partial charge >= 0.3 is 0 Å². The number of aromatic nitrogens is 1. The Morgan fingerprint density at radius 2 is 1.95 bits per heavy atom. The molecule has 0 saturated carbocycles. The molecule has 2 aromatic heterocycles. The second-order valence-corrected chi connectivity index (χ2v) is 6.33. The summed E-state index contributed by atoms with van der Waals surface area (Å²) in [6.07, 6.45) is 0.931. The average molecular weight is 304 g/mol. The van der Waals surface area contributed by atoms with Crippen molar-refractivity contribution in [3.05, 3.63) is 54.6 Å². The summed E-state index contributed by atoms with van der Waals surface area (Å²) < 4.78 is 0. The molecule has 2 rings (SSSR count). The maximum Gasteiger partial charge on any atom is 0.261 e. The molecule has 4 nitrogen and oxygen atoms in total. The van der Waals surface area contributed by atoms with Gasteiger partial charge in [0.15, 0.2) is 0 Å². The summed E-state index contributed by atoms with van der Waals surface area (Å²) in [5, 5.41) is 2.83. The van der Waals surface area contributed by atoms with E-state index in [0.717, 1.165) is 23.2 Å². The van der Waals surface area contributed by atoms with Gasteiger partial charge in [-0.3, -0.25) is 9.59 Å². The van der Waals surface area contributed by atoms with Crippen molar-refractivity contribution in [1.29, 1.82) is 0 Å². The highest BCUT2D eigenvalue weighted by Crippen LogP contribution is 2.22. The number of carbonyl (C=O) groups excluding carboxylic acids is 1. The van der Waals surface area contributed by atoms with Crippen molar-refractivity contribution in [3.8, 4) is 0 Å². The number of carbonyl (C=O) groups is 1. The molecule has 0 aliphatic rings. The highest BCUT2D eigenvalue weighted by molar-refractivity contribution is 7.14. The van der Waals surface area contributed by atoms with Gasteiger partial charge in [-0.15, -0.1) is 11.3 Å². The van der Waals surface area contributed by atoms with Gasteiger partial charge in [-0.05, 0) is 50.5 Å². The van der Waals surface area contributed by atoms with Crippen LogP contribution in [0.15, 0.2) is 16.9 Å². The molecule has 0 aromatic carbocycles. The van der Waals surface area contributed by atoms with Crippen LogP contribution in [0.4, 0.5) is 0 Å². The third kappa shape index (κ3) is 3.42. The van der Waals surface area contributed by atoms with Gasteiger partial charge in [0.05, 0.1) is 4.88 Å². The Labute approximate surface area is 128 Å². The van der Waals surface area contributed by atoms with E-state index in [1.165, 1.54) is 16.2 Å². The zero-order chi connectivity index (χ0) is 15.6. The SMILES string of the molecule is CCc1sc(C(=O)NCc2c(C)cc(C)[nH]c2=O)cc1C. The number of pyridine rings is 1. The van der Waals surface area contributed by atoms with Crippen LogP contribution in [0.25, 0.3) is 0 Å². The number of H-pyrrole nitrogens is 1. The van der Waals surface area contributed by atoms with Gasteiger partial charge in [0.2, 0.25) is 0 Å². The van der Waals surface area contributed by atoms with Crippen LogP contribution >= 0.6 is 11.3 Å². The quantitative estimate of drug-likeness (QED) is 0.912. The van der Waals surface area contributed by atoms with Gasteiger partial charge in [-0.1, -0.05) is 6.92 Å². The van der Waals surface area contributed by atoms with Crippen LogP contribution in [0.3, 0.4) is 0 Å². The molecule has 2 aromatic rings. The van der Waals surface area contributed by atoms with Crippen LogP contribution in [-0.4, -0.2) is 10.9 Å². The molecule has 0 saturated heterocycles. The maximum atomic E-state index is 12.2. The Hall–Kier alpha value is -1.88. The van der Waals surface area contributed by atoms with Crippen LogP contribution < -0.4 is 10.9 Å². The van der Waals surface area contributed by atoms with Crippen LogP contribution in [-0.2, 0) is 13.0 Å². The van der Waals surface area contributed by atoms with E-state index < -0.39 is 0 Å². The summed E-state index contributed by atoms with van der Waals surface area (Å²) in [6, 6.07) is 3.82. The molecule has 112 valence electrons. The van der Waals surface area contributed by atoms with Gasteiger partial charge in [0.1, 0.15) is 0 Å². The molecule has 0 radical (unpaired) electrons. The van der Waals surface area contributed by atoms with Crippen molar-refractivity contribution in [1.82, 2.24) is 10.3 Å². The molecule has 2 N–H and O–H groups in total. The fourth-order valence-electron chi connectivity index (χ4n) is 2.34. The lowest BCUT2D eigenvalue weighted by atomic mass is 10.1. The molecule has 0 unspecified atom stereocenters. The van der Waals surface area contributed by atoms with Crippen molar-refractivity contribution < 1.29 is 4.79 Å². The number of hydrogen-bond donors (Lipinski definition) is 2. The monoisotopic (exact) mass is 304 g/mol. The van der Waals surface area contributed by atoms with Crippen molar-refractivity contribution in [2.75, 3.05) is 0 Å². The van der Waals surface area contributed by atoms with Gasteiger partial charge < -0.3 is 10.3 Å². The second-order valence-electron chi connectivity index (χ2n) is 5.20. The maximum absolute atomic E-state index is 12.2. The van der Waals surface area contributed by atoms with E-state index in [9.17, 15) is 9.59 Å². The van der Waals surface area contributed by atoms with E-state index >= 15 is 0 Å². The van der Waals surface area contributed by atoms with Crippen molar-refractivity contribution in [2.45, 2.75) is 40.7 Å². The summed E-state index contributed by atoms with van der Waals surface area (Å²) in [4.78, 5) is 28.8. The number of nitrogens with one attached hydrogen (secondary N) is 2. The minimum absolute atomic E-state index is 0.123. The Balaban J connectivity index is 2.13. The van der Waals surface area contributed by atoms with E-state index in [0.29, 0.717) is 10.4 Å². The number of hydrogen-bond acceptors (Lipinski definition) is 3. The predicted octanol–water partition coefficient (Wildman–Crippen LogP) is 2.85. The largest absolute Gasteiger partial charge is 0.347 e. The minimum Gasteiger partial charge on any atom is -0.347 e. The number of aryl methyl sites for hydroxylation is 4. The van der Waals surface area contributed by atoms with E-state index in [4.69, 9.17) is 0 Å². The molecule has 0 aliphatic heterocycles. The lowest BCUT2D eigenvalue weighted by Crippen LogP contribution is -2.27. The Morgan fingerprint density at radius 3 is 2.52 bits per heavy atom. The fourth-order valence-corrected chi connectivity index (χ4v) is 3.37. The van der Waals surface area contributed by atoms with Gasteiger partial charge in [0, 0.05) is 22.7 Å². The summed E-state index contributed by atoms with van der Waals surface area (Å²) >= 11 is 1.52. The first kappa shape index (κ1) is 15.5. The molecule has 1 amide bonds. The molecule has 0 atom stereocenters. The van der Waals surface area contributed by atoms with Crippen molar-refractivity contribution >= 4 is 17.2 Å². The highest BCUT2D eigenvalue weighted by Gasteiger charge is 2.13. The Bertz CT molecular complexity index is 728. The molecule has 0 spiro atoms. The first-order valence-corrected chi connectivity index (χ1v) is 7.81. The predicted molar refractivity (Wildman–Crippen MR) is 86.1 cm³/mol. The summed E-state index contributed by atoms with van der Waals surface area (Å²) in [5.74, 6) is -0.123. The van der Waals surface area contributed by atoms with Crippen LogP contribution in [0.2, 0.25) is 0 Å². The third-order valence-corrected chi connectivity index (χ3v) is 4.87. The van der Waals surface area contributed by atoms with Crippen molar-refractivity contribution in [3.63, 3.8) is 0 Å². The van der Waals surface area contributed by atoms with Crippen molar-refractivity contribution in [2.24, 2.45) is 0 Å². The first-order chi connectivity index (χ1) is 9.92. The molecule has 21 heavy (non-hydrogen) atoms. The molecule has 0 fully saturated rings. The van der Waals surface area contributed by atoms with E-state index in [2.05, 4.69) is 17.2 Å². The standard InChI is InChI=1S/C16H20N2O2S/c1-5-13-10(3)7-14(21-13)16(20)17-8-12-9(2)6-11(4)18-15(12)19/h6-7H,5,8H2,1-4H3,(H,17,20)(H,18,19). The smallest absolute Gasteiger partial charge is 0.261 e. The zero-order valence-electron chi connectivity index (χ0n) is 12.8. The molecular formula is C16H20N2O2S. The zero-order valence-corrected chi connectivity index (χ0v) is 13.6. The van der Waals surface area contributed by atoms with Crippen LogP contribution in [0, 0.1) is 20.8 Å². The lowest BCUT2D eigenvalue weighted by Gasteiger charge is -2.07. The normalized spacial score (nSPS) is 10.7. The van der Waals surface area contributed by atoms with E-state index in [1.54, 1.807) is 0 Å². The molecular weight excluding hydrogens is 284 g/mol. The fraction of sp³-hybridized carbons (Fsp3) is 0.375. The van der Waals surface area contributed by atoms with Crippen LogP contribution in [0.1, 0.15) is 43.9 Å². The molecule has 0 aliphatic carbocycles. The topological polar surface area (TPSA) is 62.0 Å². The third-order valence-electron chi connectivity index (χ3n) is 3.49. The van der Waals surface area contributed by atoms with E-state index in [1.807, 2.05) is 32.9 Å². The van der Waals surface area contributed by atoms with Gasteiger partial charge in [-0.25, -0.2) is 0 Å².